The molecular formula is C23H19F3N4O3. The highest BCUT2D eigenvalue weighted by atomic mass is 19.4. The molecule has 0 fully saturated rings. The Morgan fingerprint density at radius 1 is 1.24 bits per heavy atom. The van der Waals surface area contributed by atoms with E-state index in [-0.39, 0.29) is 22.5 Å². The fourth-order valence-corrected chi connectivity index (χ4v) is 3.69. The van der Waals surface area contributed by atoms with Gasteiger partial charge in [-0.15, -0.1) is 0 Å². The quantitative estimate of drug-likeness (QED) is 0.545. The second-order valence-electron chi connectivity index (χ2n) is 7.54. The first-order valence-corrected chi connectivity index (χ1v) is 9.93. The predicted octanol–water partition coefficient (Wildman–Crippen LogP) is 3.32. The molecule has 0 amide bonds. The lowest BCUT2D eigenvalue weighted by atomic mass is 10.0. The number of benzene rings is 1. The van der Waals surface area contributed by atoms with Crippen LogP contribution in [0.1, 0.15) is 17.2 Å². The average Bonchev–Trinajstić information content (AvgIpc) is 2.77. The van der Waals surface area contributed by atoms with Crippen LogP contribution in [-0.4, -0.2) is 32.8 Å². The van der Waals surface area contributed by atoms with Crippen molar-refractivity contribution < 1.29 is 23.1 Å². The van der Waals surface area contributed by atoms with E-state index < -0.39 is 29.9 Å². The Labute approximate surface area is 185 Å². The summed E-state index contributed by atoms with van der Waals surface area (Å²) in [5, 5.41) is 14.3. The van der Waals surface area contributed by atoms with E-state index in [1.807, 2.05) is 0 Å². The van der Waals surface area contributed by atoms with Gasteiger partial charge in [0.15, 0.2) is 0 Å². The maximum Gasteiger partial charge on any atom is 0.408 e. The Morgan fingerprint density at radius 2 is 1.97 bits per heavy atom. The highest BCUT2D eigenvalue weighted by molar-refractivity contribution is 5.88. The van der Waals surface area contributed by atoms with Crippen LogP contribution in [0, 0.1) is 6.92 Å². The zero-order chi connectivity index (χ0) is 23.8. The third kappa shape index (κ3) is 4.51. The van der Waals surface area contributed by atoms with Crippen LogP contribution in [0.15, 0.2) is 77.4 Å². The highest BCUT2D eigenvalue weighted by Crippen LogP contribution is 2.36. The number of aliphatic carboxylic acids is 1. The molecule has 0 saturated carbocycles. The van der Waals surface area contributed by atoms with Crippen molar-refractivity contribution in [2.24, 2.45) is 0 Å². The summed E-state index contributed by atoms with van der Waals surface area (Å²) < 4.78 is 43.9. The maximum absolute atomic E-state index is 14.3. The van der Waals surface area contributed by atoms with E-state index in [9.17, 15) is 27.9 Å². The fourth-order valence-electron chi connectivity index (χ4n) is 3.69. The summed E-state index contributed by atoms with van der Waals surface area (Å²) in [5.74, 6) is -1.36. The van der Waals surface area contributed by atoms with Gasteiger partial charge < -0.3 is 10.4 Å². The lowest BCUT2D eigenvalue weighted by Crippen LogP contribution is -2.49. The minimum atomic E-state index is -4.82. The molecule has 3 aromatic rings. The van der Waals surface area contributed by atoms with Crippen LogP contribution in [-0.2, 0) is 4.79 Å². The third-order valence-electron chi connectivity index (χ3n) is 5.16. The number of allylic oxidation sites excluding steroid dienone is 2. The molecular weight excluding hydrogens is 437 g/mol. The molecule has 7 nitrogen and oxygen atoms in total. The van der Waals surface area contributed by atoms with Gasteiger partial charge in [-0.1, -0.05) is 30.3 Å². The van der Waals surface area contributed by atoms with Gasteiger partial charge >= 0.3 is 12.1 Å². The van der Waals surface area contributed by atoms with Gasteiger partial charge in [0.25, 0.3) is 5.56 Å². The zero-order valence-electron chi connectivity index (χ0n) is 17.3. The van der Waals surface area contributed by atoms with Crippen molar-refractivity contribution in [3.8, 4) is 11.3 Å². The second kappa shape index (κ2) is 8.55. The average molecular weight is 456 g/mol. The van der Waals surface area contributed by atoms with Crippen molar-refractivity contribution in [3.05, 3.63) is 94.1 Å². The number of aryl methyl sites for hydroxylation is 1. The summed E-state index contributed by atoms with van der Waals surface area (Å²) in [4.78, 5) is 28.7. The molecule has 10 heteroatoms. The Hall–Kier alpha value is -3.92. The molecule has 0 spiro atoms. The molecule has 0 saturated heterocycles. The number of fused-ring (bicyclic) bond motifs is 1. The van der Waals surface area contributed by atoms with Gasteiger partial charge in [-0.2, -0.15) is 13.2 Å². The van der Waals surface area contributed by atoms with E-state index in [0.29, 0.717) is 11.1 Å². The fraction of sp³-hybridized carbons (Fsp3) is 0.174. The van der Waals surface area contributed by atoms with Crippen molar-refractivity contribution in [1.29, 1.82) is 0 Å². The molecule has 1 aliphatic rings. The van der Waals surface area contributed by atoms with E-state index >= 15 is 0 Å². The number of carboxylic acids is 1. The molecule has 2 atom stereocenters. The SMILES string of the molecule is Cc1cc(C(NC2NC=CC=C2C(=O)O)C(F)(F)F)c2nc(-c3ccccc3)cc(=O)n2c1. The summed E-state index contributed by atoms with van der Waals surface area (Å²) >= 11 is 0. The van der Waals surface area contributed by atoms with Crippen molar-refractivity contribution >= 4 is 11.6 Å². The van der Waals surface area contributed by atoms with Crippen LogP contribution in [0.5, 0.6) is 0 Å². The first-order chi connectivity index (χ1) is 15.6. The van der Waals surface area contributed by atoms with Crippen molar-refractivity contribution in [1.82, 2.24) is 20.0 Å². The van der Waals surface area contributed by atoms with Crippen LogP contribution in [0.3, 0.4) is 0 Å². The summed E-state index contributed by atoms with van der Waals surface area (Å²) in [5.41, 5.74) is -0.0527. The zero-order valence-corrected chi connectivity index (χ0v) is 17.3. The molecule has 0 bridgehead atoms. The molecule has 0 radical (unpaired) electrons. The van der Waals surface area contributed by atoms with Gasteiger partial charge in [0.05, 0.1) is 11.3 Å². The number of nitrogens with one attached hydrogen (secondary N) is 2. The normalized spacial score (nSPS) is 16.8. The molecule has 3 N–H and O–H groups in total. The number of rotatable bonds is 5. The van der Waals surface area contributed by atoms with Crippen molar-refractivity contribution in [2.45, 2.75) is 25.3 Å². The van der Waals surface area contributed by atoms with Crippen LogP contribution in [0.2, 0.25) is 0 Å². The number of nitrogens with zero attached hydrogens (tertiary/aromatic N) is 2. The van der Waals surface area contributed by atoms with Crippen LogP contribution < -0.4 is 16.2 Å². The van der Waals surface area contributed by atoms with Crippen molar-refractivity contribution in [2.75, 3.05) is 0 Å². The minimum absolute atomic E-state index is 0.172. The first kappa shape index (κ1) is 22.3. The highest BCUT2D eigenvalue weighted by Gasteiger charge is 2.44. The van der Waals surface area contributed by atoms with Crippen molar-refractivity contribution in [3.63, 3.8) is 0 Å². The Morgan fingerprint density at radius 3 is 2.64 bits per heavy atom. The lowest BCUT2D eigenvalue weighted by Gasteiger charge is -2.30. The molecule has 33 heavy (non-hydrogen) atoms. The maximum atomic E-state index is 14.3. The number of pyridine rings is 1. The van der Waals surface area contributed by atoms with E-state index in [1.165, 1.54) is 36.7 Å². The van der Waals surface area contributed by atoms with Gasteiger partial charge in [-0.3, -0.25) is 14.5 Å². The summed E-state index contributed by atoms with van der Waals surface area (Å²) in [7, 11) is 0. The molecule has 2 unspecified atom stereocenters. The van der Waals surface area contributed by atoms with Gasteiger partial charge in [-0.25, -0.2) is 9.78 Å². The third-order valence-corrected chi connectivity index (χ3v) is 5.16. The predicted molar refractivity (Wildman–Crippen MR) is 115 cm³/mol. The number of alkyl halides is 3. The summed E-state index contributed by atoms with van der Waals surface area (Å²) in [6.07, 6.45) is -0.762. The molecule has 1 aromatic carbocycles. The topological polar surface area (TPSA) is 95.7 Å². The molecule has 2 aromatic heterocycles. The summed E-state index contributed by atoms with van der Waals surface area (Å²) in [6.45, 7) is 1.57. The van der Waals surface area contributed by atoms with E-state index in [2.05, 4.69) is 15.6 Å². The van der Waals surface area contributed by atoms with Crippen LogP contribution >= 0.6 is 0 Å². The molecule has 0 aliphatic carbocycles. The first-order valence-electron chi connectivity index (χ1n) is 9.93. The number of aromatic nitrogens is 2. The number of carboxylic acid groups (broad SMARTS) is 1. The molecule has 170 valence electrons. The minimum Gasteiger partial charge on any atom is -0.478 e. The largest absolute Gasteiger partial charge is 0.478 e. The van der Waals surface area contributed by atoms with Crippen LogP contribution in [0.25, 0.3) is 16.9 Å². The van der Waals surface area contributed by atoms with Gasteiger partial charge in [0.1, 0.15) is 17.9 Å². The number of halogens is 3. The number of hydrogen-bond acceptors (Lipinski definition) is 5. The number of carbonyl (C=O) groups is 1. The van der Waals surface area contributed by atoms with Gasteiger partial charge in [-0.05, 0) is 36.9 Å². The number of hydrogen-bond donors (Lipinski definition) is 3. The van der Waals surface area contributed by atoms with E-state index in [0.717, 1.165) is 4.40 Å². The van der Waals surface area contributed by atoms with Crippen LogP contribution in [0.4, 0.5) is 13.2 Å². The number of dihydropyridines is 1. The van der Waals surface area contributed by atoms with E-state index in [1.54, 1.807) is 37.3 Å². The Balaban J connectivity index is 1.90. The molecule has 1 aliphatic heterocycles. The smallest absolute Gasteiger partial charge is 0.408 e. The second-order valence-corrected chi connectivity index (χ2v) is 7.54. The lowest BCUT2D eigenvalue weighted by molar-refractivity contribution is -0.160. The molecule has 3 heterocycles. The summed E-state index contributed by atoms with van der Waals surface area (Å²) in [6, 6.07) is 8.90. The molecule has 4 rings (SSSR count). The Kier molecular flexibility index (Phi) is 5.77. The van der Waals surface area contributed by atoms with Gasteiger partial charge in [0.2, 0.25) is 0 Å². The van der Waals surface area contributed by atoms with Gasteiger partial charge in [0, 0.05) is 23.4 Å². The Bertz CT molecular complexity index is 1330. The monoisotopic (exact) mass is 456 g/mol. The van der Waals surface area contributed by atoms with E-state index in [4.69, 9.17) is 0 Å². The standard InChI is InChI=1S/C23H19F3N4O3/c1-13-10-16(19(23(24,25)26)29-20-15(22(32)33)8-5-9-27-20)21-28-17(11-18(31)30(21)12-13)14-6-3-2-4-7-14/h2-12,19-20,27,29H,1H3,(H,32,33).